The molecule has 1 fully saturated rings. The van der Waals surface area contributed by atoms with Gasteiger partial charge in [-0.15, -0.1) is 17.5 Å². The molecule has 0 spiro atoms. The summed E-state index contributed by atoms with van der Waals surface area (Å²) in [5, 5.41) is 7.64. The van der Waals surface area contributed by atoms with Crippen LogP contribution in [0.5, 0.6) is 0 Å². The Hall–Kier alpha value is -1.99. The molecule has 0 radical (unpaired) electrons. The third-order valence-corrected chi connectivity index (χ3v) is 4.15. The Kier molecular flexibility index (Phi) is 6.13. The number of hydrogen-bond acceptors (Lipinski definition) is 4. The van der Waals surface area contributed by atoms with Crippen LogP contribution in [0.1, 0.15) is 43.1 Å². The van der Waals surface area contributed by atoms with E-state index in [0.717, 1.165) is 13.1 Å². The lowest BCUT2D eigenvalue weighted by Crippen LogP contribution is -2.52. The maximum atomic E-state index is 13.5. The van der Waals surface area contributed by atoms with Gasteiger partial charge in [0, 0.05) is 31.6 Å². The highest BCUT2D eigenvalue weighted by Crippen LogP contribution is 2.19. The fourth-order valence-corrected chi connectivity index (χ4v) is 2.86. The summed E-state index contributed by atoms with van der Waals surface area (Å²) in [4.78, 5) is 19.0. The number of halogens is 2. The van der Waals surface area contributed by atoms with Gasteiger partial charge in [0.05, 0.1) is 5.69 Å². The van der Waals surface area contributed by atoms with Crippen LogP contribution in [-0.4, -0.2) is 51.2 Å². The topological polar surface area (TPSA) is 63.1 Å². The van der Waals surface area contributed by atoms with E-state index in [2.05, 4.69) is 15.4 Å². The minimum atomic E-state index is -0.346. The maximum Gasteiger partial charge on any atom is 0.293 e. The molecule has 136 valence electrons. The summed E-state index contributed by atoms with van der Waals surface area (Å²) in [6.45, 7) is 8.09. The average Bonchev–Trinajstić information content (AvgIpc) is 3.00. The number of carbonyl (C=O) groups is 1. The van der Waals surface area contributed by atoms with Gasteiger partial charge >= 0.3 is 0 Å². The molecule has 0 aliphatic carbocycles. The molecule has 1 aliphatic rings. The highest BCUT2D eigenvalue weighted by molar-refractivity contribution is 5.90. The van der Waals surface area contributed by atoms with Gasteiger partial charge in [0.1, 0.15) is 11.6 Å². The Bertz CT molecular complexity index is 748. The molecule has 0 unspecified atom stereocenters. The lowest BCUT2D eigenvalue weighted by Gasteiger charge is -2.33. The van der Waals surface area contributed by atoms with Gasteiger partial charge in [0.2, 0.25) is 5.82 Å². The van der Waals surface area contributed by atoms with Gasteiger partial charge in [-0.25, -0.2) is 14.1 Å². The van der Waals surface area contributed by atoms with E-state index in [1.54, 1.807) is 21.7 Å². The first kappa shape index (κ1) is 19.3. The number of carbonyl (C=O) groups excluding carboxylic acids is 1. The Morgan fingerprint density at radius 2 is 2.16 bits per heavy atom. The summed E-state index contributed by atoms with van der Waals surface area (Å²) in [6, 6.07) is 6.24. The fraction of sp³-hybridized carbons (Fsp3) is 0.471. The summed E-state index contributed by atoms with van der Waals surface area (Å²) < 4.78 is 15.1. The summed E-state index contributed by atoms with van der Waals surface area (Å²) in [5.74, 6) is 0.341. The second-order valence-corrected chi connectivity index (χ2v) is 6.39. The van der Waals surface area contributed by atoms with Crippen molar-refractivity contribution in [2.24, 2.45) is 0 Å². The van der Waals surface area contributed by atoms with E-state index in [-0.39, 0.29) is 41.9 Å². The molecule has 0 bridgehead atoms. The van der Waals surface area contributed by atoms with Crippen LogP contribution in [0.15, 0.2) is 24.3 Å². The molecule has 1 N–H and O–H groups in total. The van der Waals surface area contributed by atoms with Crippen LogP contribution < -0.4 is 5.32 Å². The van der Waals surface area contributed by atoms with Gasteiger partial charge in [-0.05, 0) is 25.1 Å². The van der Waals surface area contributed by atoms with E-state index < -0.39 is 0 Å². The summed E-state index contributed by atoms with van der Waals surface area (Å²) in [6.07, 6.45) is 0. The first-order valence-corrected chi connectivity index (χ1v) is 8.22. The molecular weight excluding hydrogens is 345 g/mol. The van der Waals surface area contributed by atoms with Crippen molar-refractivity contribution >= 4 is 18.3 Å². The van der Waals surface area contributed by atoms with Crippen LogP contribution >= 0.6 is 12.4 Å². The standard InChI is InChI=1S/C17H22FN5O.ClH/c1-11(2)16-20-15(17(24)22-8-7-19-10-12(22)3)21-23(16)14-6-4-5-13(18)9-14;/h4-6,9,11-12,19H,7-8,10H2,1-3H3;1H/t12-;/m0./s1. The summed E-state index contributed by atoms with van der Waals surface area (Å²) >= 11 is 0. The van der Waals surface area contributed by atoms with Gasteiger partial charge in [-0.1, -0.05) is 19.9 Å². The molecule has 2 heterocycles. The largest absolute Gasteiger partial charge is 0.331 e. The van der Waals surface area contributed by atoms with Crippen molar-refractivity contribution in [2.45, 2.75) is 32.7 Å². The van der Waals surface area contributed by atoms with Crippen molar-refractivity contribution in [2.75, 3.05) is 19.6 Å². The highest BCUT2D eigenvalue weighted by atomic mass is 35.5. The number of amides is 1. The first-order chi connectivity index (χ1) is 11.5. The van der Waals surface area contributed by atoms with Crippen LogP contribution in [0.2, 0.25) is 0 Å². The molecule has 1 atom stereocenters. The van der Waals surface area contributed by atoms with Crippen LogP contribution in [0, 0.1) is 5.82 Å². The molecule has 25 heavy (non-hydrogen) atoms. The Balaban J connectivity index is 0.00000225. The van der Waals surface area contributed by atoms with E-state index >= 15 is 0 Å². The molecule has 3 rings (SSSR count). The van der Waals surface area contributed by atoms with Crippen LogP contribution in [-0.2, 0) is 0 Å². The molecule has 0 saturated carbocycles. The Morgan fingerprint density at radius 1 is 1.40 bits per heavy atom. The number of benzene rings is 1. The van der Waals surface area contributed by atoms with Crippen molar-refractivity contribution in [1.29, 1.82) is 0 Å². The predicted octanol–water partition coefficient (Wildman–Crippen LogP) is 2.39. The van der Waals surface area contributed by atoms with Crippen LogP contribution in [0.25, 0.3) is 5.69 Å². The number of aromatic nitrogens is 3. The van der Waals surface area contributed by atoms with Crippen molar-refractivity contribution in [3.8, 4) is 5.69 Å². The Labute approximate surface area is 152 Å². The third-order valence-electron chi connectivity index (χ3n) is 4.15. The molecule has 1 aromatic carbocycles. The minimum Gasteiger partial charge on any atom is -0.331 e. The van der Waals surface area contributed by atoms with Gasteiger partial charge in [0.15, 0.2) is 0 Å². The van der Waals surface area contributed by atoms with Gasteiger partial charge in [-0.2, -0.15) is 0 Å². The van der Waals surface area contributed by atoms with E-state index in [1.807, 2.05) is 20.8 Å². The molecule has 8 heteroatoms. The number of nitrogens with one attached hydrogen (secondary N) is 1. The average molecular weight is 368 g/mol. The fourth-order valence-electron chi connectivity index (χ4n) is 2.86. The van der Waals surface area contributed by atoms with Gasteiger partial charge in [0.25, 0.3) is 5.91 Å². The van der Waals surface area contributed by atoms with Crippen LogP contribution in [0.4, 0.5) is 4.39 Å². The van der Waals surface area contributed by atoms with Crippen molar-refractivity contribution in [3.63, 3.8) is 0 Å². The molecule has 6 nitrogen and oxygen atoms in total. The van der Waals surface area contributed by atoms with E-state index in [4.69, 9.17) is 0 Å². The molecule has 1 amide bonds. The maximum absolute atomic E-state index is 13.5. The normalized spacial score (nSPS) is 17.5. The molecule has 2 aromatic rings. The van der Waals surface area contributed by atoms with Crippen molar-refractivity contribution in [3.05, 3.63) is 41.7 Å². The van der Waals surface area contributed by atoms with Crippen molar-refractivity contribution < 1.29 is 9.18 Å². The summed E-state index contributed by atoms with van der Waals surface area (Å²) in [5.41, 5.74) is 0.568. The third kappa shape index (κ3) is 3.99. The zero-order valence-corrected chi connectivity index (χ0v) is 15.4. The first-order valence-electron chi connectivity index (χ1n) is 8.22. The quantitative estimate of drug-likeness (QED) is 0.904. The van der Waals surface area contributed by atoms with Gasteiger partial charge in [-0.3, -0.25) is 4.79 Å². The number of hydrogen-bond donors (Lipinski definition) is 1. The smallest absolute Gasteiger partial charge is 0.293 e. The molecule has 1 saturated heterocycles. The lowest BCUT2D eigenvalue weighted by atomic mass is 10.2. The minimum absolute atomic E-state index is 0. The Morgan fingerprint density at radius 3 is 2.80 bits per heavy atom. The van der Waals surface area contributed by atoms with E-state index in [9.17, 15) is 9.18 Å². The van der Waals surface area contributed by atoms with E-state index in [1.165, 1.54) is 12.1 Å². The molecule has 1 aliphatic heterocycles. The van der Waals surface area contributed by atoms with E-state index in [0.29, 0.717) is 18.1 Å². The zero-order valence-electron chi connectivity index (χ0n) is 14.6. The SMILES string of the molecule is CC(C)c1nc(C(=O)N2CCNC[C@@H]2C)nn1-c1cccc(F)c1.Cl. The second kappa shape index (κ2) is 7.93. The number of rotatable bonds is 3. The highest BCUT2D eigenvalue weighted by Gasteiger charge is 2.28. The van der Waals surface area contributed by atoms with Crippen LogP contribution in [0.3, 0.4) is 0 Å². The number of piperazine rings is 1. The number of nitrogens with zero attached hydrogens (tertiary/aromatic N) is 4. The van der Waals surface area contributed by atoms with Crippen molar-refractivity contribution in [1.82, 2.24) is 25.0 Å². The lowest BCUT2D eigenvalue weighted by molar-refractivity contribution is 0.0643. The zero-order chi connectivity index (χ0) is 17.3. The summed E-state index contributed by atoms with van der Waals surface area (Å²) in [7, 11) is 0. The molecule has 1 aromatic heterocycles. The predicted molar refractivity (Wildman–Crippen MR) is 96.0 cm³/mol. The molecular formula is C17H23ClFN5O. The monoisotopic (exact) mass is 367 g/mol. The van der Waals surface area contributed by atoms with Gasteiger partial charge < -0.3 is 10.2 Å². The second-order valence-electron chi connectivity index (χ2n) is 6.39.